The van der Waals surface area contributed by atoms with Gasteiger partial charge in [-0.15, -0.1) is 0 Å². The summed E-state index contributed by atoms with van der Waals surface area (Å²) in [6.07, 6.45) is 8.10. The molecule has 4 fully saturated rings. The molecule has 4 bridgehead atoms. The van der Waals surface area contributed by atoms with E-state index in [4.69, 9.17) is 22.1 Å². The lowest BCUT2D eigenvalue weighted by molar-refractivity contribution is -0.0102. The first-order valence-electron chi connectivity index (χ1n) is 9.00. The van der Waals surface area contributed by atoms with Crippen LogP contribution in [0.15, 0.2) is 24.3 Å². The molecule has 1 aromatic carbocycles. The molecule has 1 N–H and O–H groups in total. The molecule has 0 aliphatic heterocycles. The maximum atomic E-state index is 5.61. The minimum atomic E-state index is 0.198. The van der Waals surface area contributed by atoms with Gasteiger partial charge in [0.15, 0.2) is 4.77 Å². The number of para-hydroxylation sites is 2. The SMILES string of the molecule is COc1ccccc1-n1c(C23CC4CC(CC(C4)C2)C3)n[nH]c1=S. The van der Waals surface area contributed by atoms with E-state index in [1.807, 2.05) is 18.2 Å². The van der Waals surface area contributed by atoms with Crippen LogP contribution in [0.1, 0.15) is 44.3 Å². The van der Waals surface area contributed by atoms with Crippen molar-refractivity contribution in [2.45, 2.75) is 43.9 Å². The Bertz CT molecular complexity index is 802. The molecule has 0 saturated heterocycles. The Morgan fingerprint density at radius 1 is 1.12 bits per heavy atom. The maximum absolute atomic E-state index is 5.61. The lowest BCUT2D eigenvalue weighted by atomic mass is 9.49. The van der Waals surface area contributed by atoms with Crippen LogP contribution < -0.4 is 4.74 Å². The number of benzene rings is 1. The molecule has 2 aromatic rings. The summed E-state index contributed by atoms with van der Waals surface area (Å²) in [5.74, 6) is 4.63. The van der Waals surface area contributed by atoms with Gasteiger partial charge >= 0.3 is 0 Å². The van der Waals surface area contributed by atoms with E-state index in [0.29, 0.717) is 4.77 Å². The number of hydrogen-bond acceptors (Lipinski definition) is 3. The highest BCUT2D eigenvalue weighted by atomic mass is 32.1. The normalized spacial score (nSPS) is 33.8. The quantitative estimate of drug-likeness (QED) is 0.841. The van der Waals surface area contributed by atoms with Gasteiger partial charge in [0.25, 0.3) is 0 Å². The molecule has 0 spiro atoms. The number of nitrogens with zero attached hydrogens (tertiary/aromatic N) is 2. The Kier molecular flexibility index (Phi) is 3.18. The highest BCUT2D eigenvalue weighted by molar-refractivity contribution is 7.71. The van der Waals surface area contributed by atoms with Crippen molar-refractivity contribution in [2.24, 2.45) is 17.8 Å². The Labute approximate surface area is 147 Å². The largest absolute Gasteiger partial charge is 0.495 e. The van der Waals surface area contributed by atoms with Gasteiger partial charge in [0, 0.05) is 5.41 Å². The van der Waals surface area contributed by atoms with E-state index >= 15 is 0 Å². The summed E-state index contributed by atoms with van der Waals surface area (Å²) in [5.41, 5.74) is 1.20. The van der Waals surface area contributed by atoms with Crippen LogP contribution in [0.3, 0.4) is 0 Å². The minimum absolute atomic E-state index is 0.198. The second-order valence-electron chi connectivity index (χ2n) is 8.06. The van der Waals surface area contributed by atoms with Gasteiger partial charge in [-0.3, -0.25) is 9.67 Å². The van der Waals surface area contributed by atoms with Crippen LogP contribution in [0.4, 0.5) is 0 Å². The fourth-order valence-corrected chi connectivity index (χ4v) is 6.31. The Balaban J connectivity index is 1.67. The van der Waals surface area contributed by atoms with Crippen LogP contribution >= 0.6 is 12.2 Å². The van der Waals surface area contributed by atoms with Gasteiger partial charge in [-0.05, 0) is 80.6 Å². The zero-order chi connectivity index (χ0) is 16.3. The lowest BCUT2D eigenvalue weighted by Crippen LogP contribution is -2.49. The van der Waals surface area contributed by atoms with Crippen LogP contribution in [0.25, 0.3) is 5.69 Å². The van der Waals surface area contributed by atoms with E-state index in [2.05, 4.69) is 15.7 Å². The average Bonchev–Trinajstić information content (AvgIpc) is 2.96. The fraction of sp³-hybridized carbons (Fsp3) is 0.579. The van der Waals surface area contributed by atoms with Crippen molar-refractivity contribution in [3.8, 4) is 11.4 Å². The van der Waals surface area contributed by atoms with Crippen molar-refractivity contribution in [3.05, 3.63) is 34.9 Å². The molecule has 0 amide bonds. The summed E-state index contributed by atoms with van der Waals surface area (Å²) in [7, 11) is 1.72. The maximum Gasteiger partial charge on any atom is 0.200 e. The monoisotopic (exact) mass is 341 g/mol. The summed E-state index contributed by atoms with van der Waals surface area (Å²) in [4.78, 5) is 0. The number of rotatable bonds is 3. The molecule has 126 valence electrons. The third kappa shape index (κ3) is 2.03. The zero-order valence-corrected chi connectivity index (χ0v) is 14.8. The van der Waals surface area contributed by atoms with Crippen molar-refractivity contribution in [3.63, 3.8) is 0 Å². The third-order valence-electron chi connectivity index (χ3n) is 6.51. The molecule has 24 heavy (non-hydrogen) atoms. The second kappa shape index (κ2) is 5.19. The molecule has 4 saturated carbocycles. The number of H-pyrrole nitrogens is 1. The van der Waals surface area contributed by atoms with Crippen LogP contribution in [0.2, 0.25) is 0 Å². The zero-order valence-electron chi connectivity index (χ0n) is 14.0. The Morgan fingerprint density at radius 3 is 2.38 bits per heavy atom. The number of ether oxygens (including phenoxy) is 1. The average molecular weight is 341 g/mol. The molecule has 4 aliphatic rings. The van der Waals surface area contributed by atoms with Crippen LogP contribution in [0, 0.1) is 22.5 Å². The number of nitrogens with one attached hydrogen (secondary N) is 1. The molecular weight excluding hydrogens is 318 g/mol. The first-order valence-corrected chi connectivity index (χ1v) is 9.41. The molecule has 4 nitrogen and oxygen atoms in total. The van der Waals surface area contributed by atoms with Crippen molar-refractivity contribution in [1.82, 2.24) is 14.8 Å². The van der Waals surface area contributed by atoms with Gasteiger partial charge in [0.05, 0.1) is 12.8 Å². The molecule has 0 atom stereocenters. The van der Waals surface area contributed by atoms with E-state index in [1.165, 1.54) is 38.5 Å². The van der Waals surface area contributed by atoms with Crippen LogP contribution in [-0.2, 0) is 5.41 Å². The Morgan fingerprint density at radius 2 is 1.75 bits per heavy atom. The van der Waals surface area contributed by atoms with E-state index in [0.717, 1.165) is 35.0 Å². The molecule has 0 unspecified atom stereocenters. The number of methoxy groups -OCH3 is 1. The topological polar surface area (TPSA) is 42.8 Å². The van der Waals surface area contributed by atoms with E-state index < -0.39 is 0 Å². The van der Waals surface area contributed by atoms with Crippen LogP contribution in [-0.4, -0.2) is 21.9 Å². The van der Waals surface area contributed by atoms with Gasteiger partial charge in [0.1, 0.15) is 11.6 Å². The first-order chi connectivity index (χ1) is 11.7. The minimum Gasteiger partial charge on any atom is -0.495 e. The van der Waals surface area contributed by atoms with Gasteiger partial charge < -0.3 is 4.74 Å². The van der Waals surface area contributed by atoms with Crippen molar-refractivity contribution in [2.75, 3.05) is 7.11 Å². The third-order valence-corrected chi connectivity index (χ3v) is 6.78. The van der Waals surface area contributed by atoms with Crippen molar-refractivity contribution < 1.29 is 4.74 Å². The molecule has 0 radical (unpaired) electrons. The van der Waals surface area contributed by atoms with Gasteiger partial charge in [-0.1, -0.05) is 12.1 Å². The lowest BCUT2D eigenvalue weighted by Gasteiger charge is -2.56. The molecule has 6 rings (SSSR count). The predicted octanol–water partition coefficient (Wildman–Crippen LogP) is 4.41. The highest BCUT2D eigenvalue weighted by Gasteiger charge is 2.53. The van der Waals surface area contributed by atoms with Crippen molar-refractivity contribution >= 4 is 12.2 Å². The molecule has 5 heteroatoms. The standard InChI is InChI=1S/C19H23N3OS/c1-23-16-5-3-2-4-15(16)22-17(20-21-18(22)24)19-9-12-6-13(10-19)8-14(7-12)11-19/h2-5,12-14H,6-11H2,1H3,(H,21,24). The molecule has 1 aromatic heterocycles. The first kappa shape index (κ1) is 14.7. The number of hydrogen-bond donors (Lipinski definition) is 1. The van der Waals surface area contributed by atoms with E-state index in [9.17, 15) is 0 Å². The molecular formula is C19H23N3OS. The second-order valence-corrected chi connectivity index (χ2v) is 8.44. The summed E-state index contributed by atoms with van der Waals surface area (Å²) < 4.78 is 8.40. The summed E-state index contributed by atoms with van der Waals surface area (Å²) in [6.45, 7) is 0. The predicted molar refractivity (Wildman–Crippen MR) is 95.2 cm³/mol. The van der Waals surface area contributed by atoms with Gasteiger partial charge in [-0.2, -0.15) is 5.10 Å². The number of aromatic nitrogens is 3. The molecule has 4 aliphatic carbocycles. The smallest absolute Gasteiger partial charge is 0.200 e. The molecule has 1 heterocycles. The Hall–Kier alpha value is -1.62. The highest BCUT2D eigenvalue weighted by Crippen LogP contribution is 2.60. The van der Waals surface area contributed by atoms with Crippen LogP contribution in [0.5, 0.6) is 5.75 Å². The van der Waals surface area contributed by atoms with Gasteiger partial charge in [-0.25, -0.2) is 0 Å². The summed E-state index contributed by atoms with van der Waals surface area (Å²) in [6, 6.07) is 8.11. The number of aromatic amines is 1. The van der Waals surface area contributed by atoms with Gasteiger partial charge in [0.2, 0.25) is 0 Å². The van der Waals surface area contributed by atoms with Crippen molar-refractivity contribution in [1.29, 1.82) is 0 Å². The fourth-order valence-electron chi connectivity index (χ4n) is 6.08. The summed E-state index contributed by atoms with van der Waals surface area (Å²) in [5, 5.41) is 7.82. The summed E-state index contributed by atoms with van der Waals surface area (Å²) >= 11 is 5.61. The van der Waals surface area contributed by atoms with E-state index in [-0.39, 0.29) is 5.41 Å². The van der Waals surface area contributed by atoms with E-state index in [1.54, 1.807) is 7.11 Å².